The summed E-state index contributed by atoms with van der Waals surface area (Å²) in [5.41, 5.74) is -1.00. The third-order valence-electron chi connectivity index (χ3n) is 4.55. The molecule has 3 rings (SSSR count). The summed E-state index contributed by atoms with van der Waals surface area (Å²) in [6.45, 7) is 1.75. The van der Waals surface area contributed by atoms with Gasteiger partial charge in [-0.25, -0.2) is 0 Å². The highest BCUT2D eigenvalue weighted by Crippen LogP contribution is 2.35. The van der Waals surface area contributed by atoms with Gasteiger partial charge in [-0.05, 0) is 37.6 Å². The monoisotopic (exact) mass is 486 g/mol. The molecule has 9 nitrogen and oxygen atoms in total. The summed E-state index contributed by atoms with van der Waals surface area (Å²) in [4.78, 5) is 22.3. The normalized spacial score (nSPS) is 11.4. The van der Waals surface area contributed by atoms with Crippen LogP contribution in [0, 0.1) is 17.0 Å². The molecule has 1 amide bonds. The van der Waals surface area contributed by atoms with Gasteiger partial charge in [0.2, 0.25) is 0 Å². The number of ether oxygens (including phenoxy) is 1. The molecule has 2 heterocycles. The van der Waals surface area contributed by atoms with Crippen molar-refractivity contribution in [2.75, 3.05) is 6.54 Å². The largest absolute Gasteiger partial charge is 0.486 e. The van der Waals surface area contributed by atoms with Crippen LogP contribution in [0.2, 0.25) is 5.02 Å². The van der Waals surface area contributed by atoms with E-state index in [0.29, 0.717) is 17.9 Å². The number of rotatable bonds is 9. The van der Waals surface area contributed by atoms with Crippen LogP contribution >= 0.6 is 11.6 Å². The third-order valence-corrected chi connectivity index (χ3v) is 5.00. The second-order valence-corrected chi connectivity index (χ2v) is 7.26. The van der Waals surface area contributed by atoms with E-state index >= 15 is 0 Å². The van der Waals surface area contributed by atoms with E-state index in [9.17, 15) is 28.1 Å². The number of alkyl halides is 3. The van der Waals surface area contributed by atoms with Gasteiger partial charge in [-0.1, -0.05) is 11.6 Å². The topological polar surface area (TPSA) is 112 Å². The number of nitrogens with zero attached hydrogens (tertiary/aromatic N) is 3. The molecule has 3 aromatic rings. The molecular formula is C20H18ClF3N4O5. The summed E-state index contributed by atoms with van der Waals surface area (Å²) < 4.78 is 50.6. The Morgan fingerprint density at radius 2 is 1.97 bits per heavy atom. The quantitative estimate of drug-likeness (QED) is 0.265. The predicted octanol–water partition coefficient (Wildman–Crippen LogP) is 4.76. The number of halogens is 4. The molecule has 0 spiro atoms. The maximum atomic E-state index is 12.9. The first-order chi connectivity index (χ1) is 15.6. The molecule has 0 aliphatic heterocycles. The number of carbonyl (C=O) groups excluding carboxylic acids is 1. The smallest absolute Gasteiger partial charge is 0.436 e. The van der Waals surface area contributed by atoms with Gasteiger partial charge >= 0.3 is 6.18 Å². The molecule has 2 aromatic heterocycles. The number of furan rings is 1. The van der Waals surface area contributed by atoms with E-state index < -0.39 is 27.7 Å². The lowest BCUT2D eigenvalue weighted by Crippen LogP contribution is -2.25. The van der Waals surface area contributed by atoms with E-state index in [2.05, 4.69) is 10.4 Å². The molecule has 0 bridgehead atoms. The van der Waals surface area contributed by atoms with Gasteiger partial charge in [-0.2, -0.15) is 18.3 Å². The van der Waals surface area contributed by atoms with Gasteiger partial charge < -0.3 is 14.5 Å². The number of non-ortho nitro benzene ring substituents is 1. The molecule has 0 saturated heterocycles. The van der Waals surface area contributed by atoms with Crippen molar-refractivity contribution in [1.82, 2.24) is 15.1 Å². The van der Waals surface area contributed by atoms with Crippen LogP contribution in [-0.4, -0.2) is 27.2 Å². The second kappa shape index (κ2) is 9.94. The fourth-order valence-corrected chi connectivity index (χ4v) is 3.08. The zero-order valence-electron chi connectivity index (χ0n) is 17.2. The summed E-state index contributed by atoms with van der Waals surface area (Å²) in [6.07, 6.45) is -4.32. The van der Waals surface area contributed by atoms with Gasteiger partial charge in [-0.15, -0.1) is 0 Å². The van der Waals surface area contributed by atoms with Gasteiger partial charge in [-0.3, -0.25) is 19.6 Å². The van der Waals surface area contributed by atoms with E-state index in [1.165, 1.54) is 37.3 Å². The standard InChI is InChI=1S/C20H18ClF3N4O5/c1-12-17(21)18(20(22,23)24)26-27(12)10-2-9-25-19(29)16-8-7-15(33-16)11-32-14-5-3-13(4-6-14)28(30)31/h3-8H,2,9-11H2,1H3,(H,25,29). The maximum absolute atomic E-state index is 12.9. The minimum absolute atomic E-state index is 0.00592. The minimum Gasteiger partial charge on any atom is -0.486 e. The molecule has 0 unspecified atom stereocenters. The number of benzene rings is 1. The number of aromatic nitrogens is 2. The van der Waals surface area contributed by atoms with Crippen LogP contribution in [0.15, 0.2) is 40.8 Å². The summed E-state index contributed by atoms with van der Waals surface area (Å²) in [5.74, 6) is 0.295. The number of nitro benzene ring substituents is 1. The van der Waals surface area contributed by atoms with Crippen molar-refractivity contribution in [1.29, 1.82) is 0 Å². The van der Waals surface area contributed by atoms with Crippen molar-refractivity contribution in [2.45, 2.75) is 32.7 Å². The highest BCUT2D eigenvalue weighted by Gasteiger charge is 2.38. The molecule has 1 aromatic carbocycles. The second-order valence-electron chi connectivity index (χ2n) is 6.88. The molecule has 13 heteroatoms. The molecule has 0 radical (unpaired) electrons. The van der Waals surface area contributed by atoms with E-state index in [4.69, 9.17) is 20.8 Å². The molecule has 176 valence electrons. The van der Waals surface area contributed by atoms with Crippen LogP contribution in [0.25, 0.3) is 0 Å². The predicted molar refractivity (Wildman–Crippen MR) is 110 cm³/mol. The first kappa shape index (κ1) is 24.1. The highest BCUT2D eigenvalue weighted by atomic mass is 35.5. The van der Waals surface area contributed by atoms with Crippen molar-refractivity contribution in [3.63, 3.8) is 0 Å². The summed E-state index contributed by atoms with van der Waals surface area (Å²) >= 11 is 5.71. The Labute approximate surface area is 190 Å². The lowest BCUT2D eigenvalue weighted by Gasteiger charge is -2.06. The van der Waals surface area contributed by atoms with Crippen LogP contribution in [-0.2, 0) is 19.3 Å². The lowest BCUT2D eigenvalue weighted by atomic mass is 10.3. The first-order valence-electron chi connectivity index (χ1n) is 9.60. The average Bonchev–Trinajstić information content (AvgIpc) is 3.35. The van der Waals surface area contributed by atoms with Crippen molar-refractivity contribution in [3.05, 3.63) is 74.4 Å². The Bertz CT molecular complexity index is 1140. The van der Waals surface area contributed by atoms with Crippen molar-refractivity contribution in [3.8, 4) is 5.75 Å². The molecule has 0 atom stereocenters. The Balaban J connectivity index is 1.46. The summed E-state index contributed by atoms with van der Waals surface area (Å²) in [5, 5.41) is 16.3. The number of nitrogens with one attached hydrogen (secondary N) is 1. The van der Waals surface area contributed by atoms with Crippen LogP contribution in [0.1, 0.15) is 34.1 Å². The molecule has 0 aliphatic carbocycles. The number of amides is 1. The molecule has 1 N–H and O–H groups in total. The third kappa shape index (κ3) is 6.04. The Kier molecular flexibility index (Phi) is 7.26. The summed E-state index contributed by atoms with van der Waals surface area (Å²) in [7, 11) is 0. The Morgan fingerprint density at radius 3 is 2.58 bits per heavy atom. The Morgan fingerprint density at radius 1 is 1.27 bits per heavy atom. The number of hydrogen-bond acceptors (Lipinski definition) is 6. The number of nitro groups is 1. The lowest BCUT2D eigenvalue weighted by molar-refractivity contribution is -0.384. The number of carbonyl (C=O) groups is 1. The minimum atomic E-state index is -4.64. The van der Waals surface area contributed by atoms with Crippen molar-refractivity contribution < 1.29 is 32.0 Å². The van der Waals surface area contributed by atoms with Crippen LogP contribution < -0.4 is 10.1 Å². The van der Waals surface area contributed by atoms with Crippen molar-refractivity contribution >= 4 is 23.2 Å². The molecule has 33 heavy (non-hydrogen) atoms. The van der Waals surface area contributed by atoms with Gasteiger partial charge in [0.25, 0.3) is 11.6 Å². The number of hydrogen-bond donors (Lipinski definition) is 1. The van der Waals surface area contributed by atoms with Gasteiger partial charge in [0.05, 0.1) is 15.6 Å². The maximum Gasteiger partial charge on any atom is 0.436 e. The number of aryl methyl sites for hydroxylation is 1. The van der Waals surface area contributed by atoms with E-state index in [0.717, 1.165) is 4.68 Å². The van der Waals surface area contributed by atoms with Gasteiger partial charge in [0.1, 0.15) is 18.1 Å². The van der Waals surface area contributed by atoms with E-state index in [-0.39, 0.29) is 36.8 Å². The molecule has 0 aliphatic rings. The zero-order chi connectivity index (χ0) is 24.2. The van der Waals surface area contributed by atoms with E-state index in [1.54, 1.807) is 6.07 Å². The summed E-state index contributed by atoms with van der Waals surface area (Å²) in [6, 6.07) is 8.50. The van der Waals surface area contributed by atoms with Crippen LogP contribution in [0.4, 0.5) is 18.9 Å². The highest BCUT2D eigenvalue weighted by molar-refractivity contribution is 6.31. The molecule has 0 fully saturated rings. The van der Waals surface area contributed by atoms with Gasteiger partial charge in [0, 0.05) is 25.2 Å². The fraction of sp³-hybridized carbons (Fsp3) is 0.300. The Hall–Kier alpha value is -3.54. The average molecular weight is 487 g/mol. The first-order valence-corrected chi connectivity index (χ1v) is 9.98. The van der Waals surface area contributed by atoms with Gasteiger partial charge in [0.15, 0.2) is 11.5 Å². The van der Waals surface area contributed by atoms with Crippen LogP contribution in [0.3, 0.4) is 0 Å². The fourth-order valence-electron chi connectivity index (χ4n) is 2.84. The van der Waals surface area contributed by atoms with Crippen molar-refractivity contribution in [2.24, 2.45) is 0 Å². The van der Waals surface area contributed by atoms with Crippen LogP contribution in [0.5, 0.6) is 5.75 Å². The SMILES string of the molecule is Cc1c(Cl)c(C(F)(F)F)nn1CCCNC(=O)c1ccc(COc2ccc([N+](=O)[O-])cc2)o1. The molecular weight excluding hydrogens is 469 g/mol. The van der Waals surface area contributed by atoms with E-state index in [1.807, 2.05) is 0 Å². The molecule has 0 saturated carbocycles. The zero-order valence-corrected chi connectivity index (χ0v) is 17.9.